The number of benzene rings is 2. The molecule has 182 valence electrons. The molecule has 2 aromatic carbocycles. The fraction of sp³-hybridized carbons (Fsp3) is 0.375. The number of esters is 1. The molecule has 0 aromatic heterocycles. The van der Waals surface area contributed by atoms with Crippen LogP contribution in [0.2, 0.25) is 0 Å². The first-order chi connectivity index (χ1) is 16.3. The van der Waals surface area contributed by atoms with E-state index < -0.39 is 30.4 Å². The molecule has 2 aromatic rings. The van der Waals surface area contributed by atoms with Crippen LogP contribution in [0.3, 0.4) is 0 Å². The normalized spacial score (nSPS) is 12.6. The maximum Gasteiger partial charge on any atom is 0.329 e. The molecule has 2 N–H and O–H groups in total. The average Bonchev–Trinajstić information content (AvgIpc) is 3.31. The molecule has 10 heteroatoms. The summed E-state index contributed by atoms with van der Waals surface area (Å²) in [4.78, 5) is 37.5. The lowest BCUT2D eigenvalue weighted by molar-refractivity contribution is -0.151. The number of nitrogens with one attached hydrogen (secondary N) is 2. The molecule has 0 aliphatic carbocycles. The summed E-state index contributed by atoms with van der Waals surface area (Å²) < 4.78 is 26.1. The molecule has 3 rings (SSSR count). The summed E-state index contributed by atoms with van der Waals surface area (Å²) in [6.45, 7) is 3.45. The number of methoxy groups -OCH3 is 2. The largest absolute Gasteiger partial charge is 0.497 e. The molecule has 0 saturated carbocycles. The number of hydrogen-bond acceptors (Lipinski definition) is 8. The Balaban J connectivity index is 1.53. The van der Waals surface area contributed by atoms with E-state index in [2.05, 4.69) is 10.6 Å². The number of carbonyl (C=O) groups excluding carboxylic acids is 3. The first-order valence-electron chi connectivity index (χ1n) is 10.7. The molecule has 1 atom stereocenters. The van der Waals surface area contributed by atoms with Crippen molar-refractivity contribution >= 4 is 17.8 Å². The molecule has 34 heavy (non-hydrogen) atoms. The Morgan fingerprint density at radius 3 is 2.29 bits per heavy atom. The van der Waals surface area contributed by atoms with Crippen LogP contribution >= 0.6 is 0 Å². The Labute approximate surface area is 197 Å². The van der Waals surface area contributed by atoms with E-state index in [4.69, 9.17) is 23.7 Å². The van der Waals surface area contributed by atoms with Crippen molar-refractivity contribution in [1.29, 1.82) is 0 Å². The van der Waals surface area contributed by atoms with Crippen LogP contribution < -0.4 is 29.6 Å². The number of carbonyl (C=O) groups is 3. The van der Waals surface area contributed by atoms with Gasteiger partial charge < -0.3 is 34.3 Å². The van der Waals surface area contributed by atoms with Gasteiger partial charge in [-0.3, -0.25) is 9.59 Å². The molecule has 1 aliphatic heterocycles. The molecule has 0 saturated heterocycles. The monoisotopic (exact) mass is 472 g/mol. The van der Waals surface area contributed by atoms with Crippen LogP contribution in [0.25, 0.3) is 0 Å². The first kappa shape index (κ1) is 24.7. The van der Waals surface area contributed by atoms with Gasteiger partial charge in [0.1, 0.15) is 17.5 Å². The lowest BCUT2D eigenvalue weighted by atomic mass is 10.0. The standard InChI is InChI=1S/C24H28N2O8/c1-14(2)22(26-23(28)16-8-17(30-3)10-18(9-16)31-4)24(29)32-12-21(27)25-11-15-5-6-19-20(7-15)34-13-33-19/h5-10,14,22H,11-13H2,1-4H3,(H,25,27)(H,26,28)/t22-/m0/s1. The molecule has 10 nitrogen and oxygen atoms in total. The highest BCUT2D eigenvalue weighted by molar-refractivity contribution is 5.97. The summed E-state index contributed by atoms with van der Waals surface area (Å²) in [5.74, 6) is 0.176. The third-order valence-corrected chi connectivity index (χ3v) is 5.09. The molecular weight excluding hydrogens is 444 g/mol. The van der Waals surface area contributed by atoms with E-state index in [1.165, 1.54) is 26.4 Å². The zero-order valence-corrected chi connectivity index (χ0v) is 19.5. The molecule has 1 heterocycles. The fourth-order valence-corrected chi connectivity index (χ4v) is 3.19. The third kappa shape index (κ3) is 6.31. The minimum atomic E-state index is -0.952. The van der Waals surface area contributed by atoms with E-state index >= 15 is 0 Å². The zero-order valence-electron chi connectivity index (χ0n) is 19.5. The van der Waals surface area contributed by atoms with Crippen LogP contribution in [0.5, 0.6) is 23.0 Å². The van der Waals surface area contributed by atoms with Gasteiger partial charge in [-0.1, -0.05) is 19.9 Å². The van der Waals surface area contributed by atoms with Crippen molar-refractivity contribution in [2.75, 3.05) is 27.6 Å². The molecule has 2 amide bonds. The van der Waals surface area contributed by atoms with Gasteiger partial charge in [-0.15, -0.1) is 0 Å². The van der Waals surface area contributed by atoms with Crippen molar-refractivity contribution in [3.05, 3.63) is 47.5 Å². The molecule has 0 unspecified atom stereocenters. The Bertz CT molecular complexity index is 1030. The van der Waals surface area contributed by atoms with Gasteiger partial charge in [0, 0.05) is 18.2 Å². The summed E-state index contributed by atoms with van der Waals surface area (Å²) in [6.07, 6.45) is 0. The van der Waals surface area contributed by atoms with Gasteiger partial charge >= 0.3 is 5.97 Å². The summed E-state index contributed by atoms with van der Waals surface area (Å²) in [5, 5.41) is 5.34. The Kier molecular flexibility index (Phi) is 8.18. The van der Waals surface area contributed by atoms with Crippen molar-refractivity contribution in [3.63, 3.8) is 0 Å². The van der Waals surface area contributed by atoms with Crippen molar-refractivity contribution < 1.29 is 38.1 Å². The highest BCUT2D eigenvalue weighted by Crippen LogP contribution is 2.32. The molecule has 0 fully saturated rings. The van der Waals surface area contributed by atoms with Crippen molar-refractivity contribution in [2.45, 2.75) is 26.4 Å². The van der Waals surface area contributed by atoms with Crippen molar-refractivity contribution in [2.24, 2.45) is 5.92 Å². The molecule has 0 radical (unpaired) electrons. The predicted molar refractivity (Wildman–Crippen MR) is 121 cm³/mol. The van der Waals surface area contributed by atoms with E-state index in [0.29, 0.717) is 23.0 Å². The first-order valence-corrected chi connectivity index (χ1v) is 10.7. The maximum atomic E-state index is 12.8. The lowest BCUT2D eigenvalue weighted by Gasteiger charge is -2.21. The highest BCUT2D eigenvalue weighted by Gasteiger charge is 2.27. The van der Waals surface area contributed by atoms with Crippen molar-refractivity contribution in [3.8, 4) is 23.0 Å². The van der Waals surface area contributed by atoms with Gasteiger partial charge in [0.2, 0.25) is 6.79 Å². The van der Waals surface area contributed by atoms with E-state index in [0.717, 1.165) is 5.56 Å². The van der Waals surface area contributed by atoms with Crippen LogP contribution in [0.1, 0.15) is 29.8 Å². The number of rotatable bonds is 10. The fourth-order valence-electron chi connectivity index (χ4n) is 3.19. The van der Waals surface area contributed by atoms with E-state index in [1.54, 1.807) is 38.1 Å². The van der Waals surface area contributed by atoms with Crippen LogP contribution in [-0.2, 0) is 20.9 Å². The van der Waals surface area contributed by atoms with Crippen LogP contribution in [0.4, 0.5) is 0 Å². The topological polar surface area (TPSA) is 121 Å². The zero-order chi connectivity index (χ0) is 24.7. The minimum absolute atomic E-state index is 0.167. The molecule has 0 spiro atoms. The quantitative estimate of drug-likeness (QED) is 0.504. The van der Waals surface area contributed by atoms with Gasteiger partial charge in [-0.2, -0.15) is 0 Å². The van der Waals surface area contributed by atoms with Crippen LogP contribution in [0, 0.1) is 5.92 Å². The molecule has 0 bridgehead atoms. The van der Waals surface area contributed by atoms with Gasteiger partial charge in [0.15, 0.2) is 18.1 Å². The summed E-state index contributed by atoms with van der Waals surface area (Å²) in [7, 11) is 2.95. The van der Waals surface area contributed by atoms with Crippen LogP contribution in [0.15, 0.2) is 36.4 Å². The second-order valence-electron chi connectivity index (χ2n) is 7.87. The maximum absolute atomic E-state index is 12.8. The molecular formula is C24H28N2O8. The summed E-state index contributed by atoms with van der Waals surface area (Å²) >= 11 is 0. The average molecular weight is 472 g/mol. The number of ether oxygens (including phenoxy) is 5. The highest BCUT2D eigenvalue weighted by atomic mass is 16.7. The third-order valence-electron chi connectivity index (χ3n) is 5.09. The van der Waals surface area contributed by atoms with E-state index in [1.807, 2.05) is 0 Å². The Morgan fingerprint density at radius 2 is 1.65 bits per heavy atom. The summed E-state index contributed by atoms with van der Waals surface area (Å²) in [5.41, 5.74) is 1.07. The Morgan fingerprint density at radius 1 is 0.971 bits per heavy atom. The SMILES string of the molecule is COc1cc(OC)cc(C(=O)N[C@H](C(=O)OCC(=O)NCc2ccc3c(c2)OCO3)C(C)C)c1. The van der Waals surface area contributed by atoms with Crippen molar-refractivity contribution in [1.82, 2.24) is 10.6 Å². The Hall–Kier alpha value is -3.95. The lowest BCUT2D eigenvalue weighted by Crippen LogP contribution is -2.46. The van der Waals surface area contributed by atoms with E-state index in [9.17, 15) is 14.4 Å². The number of fused-ring (bicyclic) bond motifs is 1. The smallest absolute Gasteiger partial charge is 0.329 e. The van der Waals surface area contributed by atoms with E-state index in [-0.39, 0.29) is 24.8 Å². The van der Waals surface area contributed by atoms with Gasteiger partial charge in [0.25, 0.3) is 11.8 Å². The van der Waals surface area contributed by atoms with Gasteiger partial charge in [-0.25, -0.2) is 4.79 Å². The second-order valence-corrected chi connectivity index (χ2v) is 7.87. The second kappa shape index (κ2) is 11.3. The van der Waals surface area contributed by atoms with Crippen LogP contribution in [-0.4, -0.2) is 51.4 Å². The van der Waals surface area contributed by atoms with Gasteiger partial charge in [0.05, 0.1) is 14.2 Å². The predicted octanol–water partition coefficient (Wildman–Crippen LogP) is 2.05. The number of amides is 2. The molecule has 1 aliphatic rings. The van der Waals surface area contributed by atoms with Gasteiger partial charge in [-0.05, 0) is 35.7 Å². The minimum Gasteiger partial charge on any atom is -0.497 e. The number of hydrogen-bond donors (Lipinski definition) is 2. The summed E-state index contributed by atoms with van der Waals surface area (Å²) in [6, 6.07) is 9.08.